The normalized spacial score (nSPS) is 11.3. The first-order valence-electron chi connectivity index (χ1n) is 7.87. The third-order valence-corrected chi connectivity index (χ3v) is 3.67. The van der Waals surface area contributed by atoms with Gasteiger partial charge in [-0.15, -0.1) is 0 Å². The molecular weight excluding hydrogens is 361 g/mol. The number of anilines is 1. The SMILES string of the molecule is Cn1ncnc1-c1ccc(OCC(=O)Nc2cccc(C(F)(F)F)c2)cc1. The molecule has 6 nitrogen and oxygen atoms in total. The lowest BCUT2D eigenvalue weighted by atomic mass is 10.2. The molecule has 9 heteroatoms. The van der Waals surface area contributed by atoms with Crippen molar-refractivity contribution >= 4 is 11.6 Å². The lowest BCUT2D eigenvalue weighted by Crippen LogP contribution is -2.20. The van der Waals surface area contributed by atoms with Gasteiger partial charge in [0.05, 0.1) is 5.56 Å². The maximum atomic E-state index is 12.7. The lowest BCUT2D eigenvalue weighted by molar-refractivity contribution is -0.137. The summed E-state index contributed by atoms with van der Waals surface area (Å²) >= 11 is 0. The van der Waals surface area contributed by atoms with Crippen LogP contribution in [0.1, 0.15) is 5.56 Å². The Balaban J connectivity index is 1.57. The van der Waals surface area contributed by atoms with E-state index in [4.69, 9.17) is 4.74 Å². The number of amides is 1. The van der Waals surface area contributed by atoms with E-state index in [1.165, 1.54) is 18.5 Å². The molecule has 0 unspecified atom stereocenters. The van der Waals surface area contributed by atoms with Crippen LogP contribution in [0.3, 0.4) is 0 Å². The Labute approximate surface area is 152 Å². The topological polar surface area (TPSA) is 69.0 Å². The zero-order valence-electron chi connectivity index (χ0n) is 14.2. The number of halogens is 3. The third-order valence-electron chi connectivity index (χ3n) is 3.67. The molecule has 0 fully saturated rings. The monoisotopic (exact) mass is 376 g/mol. The lowest BCUT2D eigenvalue weighted by Gasteiger charge is -2.10. The summed E-state index contributed by atoms with van der Waals surface area (Å²) in [5.41, 5.74) is 0.0485. The minimum atomic E-state index is -4.47. The predicted octanol–water partition coefficient (Wildman–Crippen LogP) is 3.52. The molecule has 1 N–H and O–H groups in total. The highest BCUT2D eigenvalue weighted by molar-refractivity contribution is 5.91. The van der Waals surface area contributed by atoms with Gasteiger partial charge < -0.3 is 10.1 Å². The second-order valence-electron chi connectivity index (χ2n) is 5.65. The van der Waals surface area contributed by atoms with Crippen LogP contribution in [0.4, 0.5) is 18.9 Å². The Morgan fingerprint density at radius 2 is 1.93 bits per heavy atom. The number of aryl methyl sites for hydroxylation is 1. The van der Waals surface area contributed by atoms with Gasteiger partial charge in [0.15, 0.2) is 12.4 Å². The maximum Gasteiger partial charge on any atom is 0.416 e. The fourth-order valence-corrected chi connectivity index (χ4v) is 2.38. The molecule has 0 aliphatic rings. The van der Waals surface area contributed by atoms with Gasteiger partial charge in [0.2, 0.25) is 0 Å². The van der Waals surface area contributed by atoms with Crippen LogP contribution in [-0.4, -0.2) is 27.3 Å². The molecule has 2 aromatic carbocycles. The largest absolute Gasteiger partial charge is 0.484 e. The van der Waals surface area contributed by atoms with Crippen LogP contribution in [0.15, 0.2) is 54.9 Å². The molecule has 1 amide bonds. The number of alkyl halides is 3. The molecule has 0 spiro atoms. The Morgan fingerprint density at radius 3 is 2.56 bits per heavy atom. The van der Waals surface area contributed by atoms with Gasteiger partial charge in [0.25, 0.3) is 5.91 Å². The summed E-state index contributed by atoms with van der Waals surface area (Å²) in [5, 5.41) is 6.37. The first-order chi connectivity index (χ1) is 12.8. The molecule has 1 aromatic heterocycles. The summed E-state index contributed by atoms with van der Waals surface area (Å²) in [4.78, 5) is 16.0. The molecule has 0 saturated heterocycles. The molecule has 0 atom stereocenters. The van der Waals surface area contributed by atoms with E-state index in [0.29, 0.717) is 11.6 Å². The van der Waals surface area contributed by atoms with Crippen LogP contribution in [0.5, 0.6) is 5.75 Å². The zero-order chi connectivity index (χ0) is 19.4. The predicted molar refractivity (Wildman–Crippen MR) is 92.0 cm³/mol. The second kappa shape index (κ2) is 7.48. The van der Waals surface area contributed by atoms with Gasteiger partial charge in [-0.2, -0.15) is 18.3 Å². The highest BCUT2D eigenvalue weighted by Crippen LogP contribution is 2.30. The van der Waals surface area contributed by atoms with Crippen molar-refractivity contribution < 1.29 is 22.7 Å². The van der Waals surface area contributed by atoms with E-state index in [-0.39, 0.29) is 12.3 Å². The van der Waals surface area contributed by atoms with Crippen molar-refractivity contribution in [3.8, 4) is 17.1 Å². The minimum absolute atomic E-state index is 0.0519. The summed E-state index contributed by atoms with van der Waals surface area (Å²) in [7, 11) is 1.77. The number of hydrogen-bond acceptors (Lipinski definition) is 4. The fourth-order valence-electron chi connectivity index (χ4n) is 2.38. The van der Waals surface area contributed by atoms with Gasteiger partial charge in [-0.25, -0.2) is 9.67 Å². The minimum Gasteiger partial charge on any atom is -0.484 e. The molecule has 3 aromatic rings. The van der Waals surface area contributed by atoms with E-state index in [2.05, 4.69) is 15.4 Å². The summed E-state index contributed by atoms with van der Waals surface area (Å²) < 4.78 is 45.0. The van der Waals surface area contributed by atoms with Crippen LogP contribution in [-0.2, 0) is 18.0 Å². The Kier molecular flexibility index (Phi) is 5.11. The van der Waals surface area contributed by atoms with Crippen LogP contribution in [0.25, 0.3) is 11.4 Å². The summed E-state index contributed by atoms with van der Waals surface area (Å²) in [6, 6.07) is 11.3. The molecule has 0 saturated carbocycles. The van der Waals surface area contributed by atoms with E-state index in [1.54, 1.807) is 36.0 Å². The van der Waals surface area contributed by atoms with Crippen LogP contribution < -0.4 is 10.1 Å². The van der Waals surface area contributed by atoms with E-state index >= 15 is 0 Å². The smallest absolute Gasteiger partial charge is 0.416 e. The van der Waals surface area contributed by atoms with E-state index in [9.17, 15) is 18.0 Å². The number of carbonyl (C=O) groups is 1. The average Bonchev–Trinajstić information content (AvgIpc) is 3.06. The molecule has 1 heterocycles. The number of benzene rings is 2. The molecule has 3 rings (SSSR count). The second-order valence-corrected chi connectivity index (χ2v) is 5.65. The van der Waals surface area contributed by atoms with E-state index < -0.39 is 17.6 Å². The standard InChI is InChI=1S/C18H15F3N4O2/c1-25-17(22-11-23-25)12-5-7-15(8-6-12)27-10-16(26)24-14-4-2-3-13(9-14)18(19,20)21/h2-9,11H,10H2,1H3,(H,24,26). The molecule has 0 bridgehead atoms. The van der Waals surface area contributed by atoms with E-state index in [1.807, 2.05) is 0 Å². The Hall–Kier alpha value is -3.36. The van der Waals surface area contributed by atoms with Crippen molar-refractivity contribution in [3.63, 3.8) is 0 Å². The summed E-state index contributed by atoms with van der Waals surface area (Å²) in [6.07, 6.45) is -3.03. The van der Waals surface area contributed by atoms with Crippen molar-refractivity contribution in [3.05, 3.63) is 60.4 Å². The van der Waals surface area contributed by atoms with Crippen LogP contribution in [0, 0.1) is 0 Å². The maximum absolute atomic E-state index is 12.7. The van der Waals surface area contributed by atoms with Gasteiger partial charge in [-0.05, 0) is 42.5 Å². The van der Waals surface area contributed by atoms with Crippen LogP contribution >= 0.6 is 0 Å². The Bertz CT molecular complexity index is 936. The zero-order valence-corrected chi connectivity index (χ0v) is 14.2. The molecule has 27 heavy (non-hydrogen) atoms. The first-order valence-corrected chi connectivity index (χ1v) is 7.87. The number of rotatable bonds is 5. The molecule has 0 aliphatic heterocycles. The quantitative estimate of drug-likeness (QED) is 0.740. The van der Waals surface area contributed by atoms with Gasteiger partial charge in [0, 0.05) is 18.3 Å². The van der Waals surface area contributed by atoms with Gasteiger partial charge in [-0.1, -0.05) is 6.07 Å². The number of carbonyl (C=O) groups excluding carboxylic acids is 1. The van der Waals surface area contributed by atoms with Crippen LogP contribution in [0.2, 0.25) is 0 Å². The molecule has 140 valence electrons. The fraction of sp³-hybridized carbons (Fsp3) is 0.167. The average molecular weight is 376 g/mol. The van der Waals surface area contributed by atoms with Gasteiger partial charge in [0.1, 0.15) is 12.1 Å². The van der Waals surface area contributed by atoms with Crippen molar-refractivity contribution in [1.82, 2.24) is 14.8 Å². The number of ether oxygens (including phenoxy) is 1. The van der Waals surface area contributed by atoms with Crippen molar-refractivity contribution in [2.24, 2.45) is 7.05 Å². The number of nitrogens with zero attached hydrogens (tertiary/aromatic N) is 3. The third kappa shape index (κ3) is 4.63. The Morgan fingerprint density at radius 1 is 1.19 bits per heavy atom. The van der Waals surface area contributed by atoms with Crippen molar-refractivity contribution in [2.75, 3.05) is 11.9 Å². The highest BCUT2D eigenvalue weighted by atomic mass is 19.4. The number of nitrogens with one attached hydrogen (secondary N) is 1. The molecule has 0 aliphatic carbocycles. The molecular formula is C18H15F3N4O2. The molecule has 0 radical (unpaired) electrons. The van der Waals surface area contributed by atoms with Gasteiger partial charge in [-0.3, -0.25) is 4.79 Å². The van der Waals surface area contributed by atoms with Crippen molar-refractivity contribution in [2.45, 2.75) is 6.18 Å². The number of hydrogen-bond donors (Lipinski definition) is 1. The first kappa shape index (κ1) is 18.4. The number of aromatic nitrogens is 3. The summed E-state index contributed by atoms with van der Waals surface area (Å²) in [5.74, 6) is 0.565. The summed E-state index contributed by atoms with van der Waals surface area (Å²) in [6.45, 7) is -0.334. The highest BCUT2D eigenvalue weighted by Gasteiger charge is 2.30. The van der Waals surface area contributed by atoms with Crippen molar-refractivity contribution in [1.29, 1.82) is 0 Å². The van der Waals surface area contributed by atoms with E-state index in [0.717, 1.165) is 17.7 Å². The van der Waals surface area contributed by atoms with Gasteiger partial charge >= 0.3 is 6.18 Å².